The molecule has 1 saturated heterocycles. The third-order valence-electron chi connectivity index (χ3n) is 5.38. The lowest BCUT2D eigenvalue weighted by molar-refractivity contribution is -0.135. The van der Waals surface area contributed by atoms with Crippen LogP contribution >= 0.6 is 0 Å². The minimum absolute atomic E-state index is 0.0229. The van der Waals surface area contributed by atoms with Gasteiger partial charge in [0.25, 0.3) is 5.91 Å². The van der Waals surface area contributed by atoms with Crippen LogP contribution in [0.4, 0.5) is 4.79 Å². The zero-order valence-electron chi connectivity index (χ0n) is 17.7. The SMILES string of the molecule is CCCCC[C@@H](C)NC(=O)CN1C(=O)N[C@@](C)(c2ccc(C(C)C)cc2)C1=O. The summed E-state index contributed by atoms with van der Waals surface area (Å²) in [7, 11) is 0. The van der Waals surface area contributed by atoms with Crippen molar-refractivity contribution < 1.29 is 14.4 Å². The van der Waals surface area contributed by atoms with Crippen molar-refractivity contribution >= 4 is 17.8 Å². The molecule has 0 unspecified atom stereocenters. The van der Waals surface area contributed by atoms with E-state index in [1.807, 2.05) is 31.2 Å². The molecule has 0 aromatic heterocycles. The Kier molecular flexibility index (Phi) is 7.22. The molecule has 1 heterocycles. The first-order chi connectivity index (χ1) is 13.2. The van der Waals surface area contributed by atoms with Crippen LogP contribution in [0.1, 0.15) is 77.3 Å². The number of benzene rings is 1. The van der Waals surface area contributed by atoms with E-state index in [2.05, 4.69) is 31.4 Å². The normalized spacial score (nSPS) is 20.4. The number of imide groups is 1. The molecule has 0 aliphatic carbocycles. The molecule has 6 heteroatoms. The number of unbranched alkanes of at least 4 members (excludes halogenated alkanes) is 2. The molecule has 1 aliphatic heterocycles. The third kappa shape index (κ3) is 4.91. The summed E-state index contributed by atoms with van der Waals surface area (Å²) in [6.45, 7) is 9.70. The topological polar surface area (TPSA) is 78.5 Å². The average Bonchev–Trinajstić information content (AvgIpc) is 2.86. The molecule has 154 valence electrons. The third-order valence-corrected chi connectivity index (χ3v) is 5.38. The summed E-state index contributed by atoms with van der Waals surface area (Å²) in [6, 6.07) is 7.17. The van der Waals surface area contributed by atoms with E-state index in [-0.39, 0.29) is 18.5 Å². The number of rotatable bonds is 9. The molecule has 1 aromatic rings. The number of carbonyl (C=O) groups excluding carboxylic acids is 3. The lowest BCUT2D eigenvalue weighted by Crippen LogP contribution is -2.45. The second-order valence-corrected chi connectivity index (χ2v) is 8.19. The molecule has 4 amide bonds. The number of urea groups is 1. The molecule has 28 heavy (non-hydrogen) atoms. The van der Waals surface area contributed by atoms with Gasteiger partial charge in [0.1, 0.15) is 12.1 Å². The Morgan fingerprint density at radius 2 is 1.79 bits per heavy atom. The Morgan fingerprint density at radius 1 is 1.14 bits per heavy atom. The number of hydrogen-bond acceptors (Lipinski definition) is 3. The van der Waals surface area contributed by atoms with Crippen molar-refractivity contribution in [2.24, 2.45) is 0 Å². The first-order valence-corrected chi connectivity index (χ1v) is 10.2. The van der Waals surface area contributed by atoms with Gasteiger partial charge in [0, 0.05) is 6.04 Å². The molecule has 0 spiro atoms. The fourth-order valence-electron chi connectivity index (χ4n) is 3.47. The smallest absolute Gasteiger partial charge is 0.325 e. The molecule has 0 radical (unpaired) electrons. The maximum absolute atomic E-state index is 13.0. The molecular weight excluding hydrogens is 354 g/mol. The van der Waals surface area contributed by atoms with E-state index >= 15 is 0 Å². The van der Waals surface area contributed by atoms with Crippen LogP contribution in [0.25, 0.3) is 0 Å². The second kappa shape index (κ2) is 9.22. The number of nitrogens with one attached hydrogen (secondary N) is 2. The van der Waals surface area contributed by atoms with Crippen LogP contribution in [-0.2, 0) is 15.1 Å². The van der Waals surface area contributed by atoms with E-state index in [4.69, 9.17) is 0 Å². The summed E-state index contributed by atoms with van der Waals surface area (Å²) in [5.41, 5.74) is 0.725. The lowest BCUT2D eigenvalue weighted by atomic mass is 9.90. The van der Waals surface area contributed by atoms with Gasteiger partial charge in [-0.1, -0.05) is 64.3 Å². The average molecular weight is 388 g/mol. The predicted molar refractivity (Wildman–Crippen MR) is 110 cm³/mol. The highest BCUT2D eigenvalue weighted by molar-refractivity contribution is 6.09. The van der Waals surface area contributed by atoms with Crippen LogP contribution < -0.4 is 10.6 Å². The Hall–Kier alpha value is -2.37. The van der Waals surface area contributed by atoms with Gasteiger partial charge in [0.15, 0.2) is 0 Å². The molecule has 6 nitrogen and oxygen atoms in total. The Labute approximate surface area is 168 Å². The van der Waals surface area contributed by atoms with Gasteiger partial charge >= 0.3 is 6.03 Å². The molecule has 2 atom stereocenters. The molecule has 0 saturated carbocycles. The van der Waals surface area contributed by atoms with Crippen molar-refractivity contribution in [2.45, 2.75) is 77.8 Å². The minimum atomic E-state index is -1.15. The minimum Gasteiger partial charge on any atom is -0.352 e. The van der Waals surface area contributed by atoms with Gasteiger partial charge in [-0.15, -0.1) is 0 Å². The highest BCUT2D eigenvalue weighted by Crippen LogP contribution is 2.29. The van der Waals surface area contributed by atoms with Gasteiger partial charge in [-0.25, -0.2) is 4.79 Å². The van der Waals surface area contributed by atoms with Gasteiger partial charge in [-0.3, -0.25) is 14.5 Å². The Bertz CT molecular complexity index is 714. The van der Waals surface area contributed by atoms with Gasteiger partial charge in [-0.2, -0.15) is 0 Å². The summed E-state index contributed by atoms with van der Waals surface area (Å²) in [5, 5.41) is 5.63. The largest absolute Gasteiger partial charge is 0.352 e. The molecule has 2 rings (SSSR count). The van der Waals surface area contributed by atoms with Gasteiger partial charge in [-0.05, 0) is 37.3 Å². The Balaban J connectivity index is 2.03. The number of carbonyl (C=O) groups is 3. The van der Waals surface area contributed by atoms with Crippen LogP contribution in [0.5, 0.6) is 0 Å². The highest BCUT2D eigenvalue weighted by Gasteiger charge is 2.49. The number of hydrogen-bond donors (Lipinski definition) is 2. The first kappa shape index (κ1) is 21.9. The lowest BCUT2D eigenvalue weighted by Gasteiger charge is -2.23. The van der Waals surface area contributed by atoms with Gasteiger partial charge in [0.2, 0.25) is 5.91 Å². The van der Waals surface area contributed by atoms with Crippen LogP contribution in [-0.4, -0.2) is 35.3 Å². The van der Waals surface area contributed by atoms with Crippen molar-refractivity contribution in [3.63, 3.8) is 0 Å². The van der Waals surface area contributed by atoms with E-state index in [0.717, 1.165) is 36.1 Å². The summed E-state index contributed by atoms with van der Waals surface area (Å²) in [5.74, 6) is -0.328. The van der Waals surface area contributed by atoms with Crippen LogP contribution in [0.3, 0.4) is 0 Å². The van der Waals surface area contributed by atoms with Crippen LogP contribution in [0, 0.1) is 0 Å². The maximum Gasteiger partial charge on any atom is 0.325 e. The van der Waals surface area contributed by atoms with Crippen molar-refractivity contribution in [3.05, 3.63) is 35.4 Å². The molecular formula is C22H33N3O3. The van der Waals surface area contributed by atoms with Crippen molar-refractivity contribution in [2.75, 3.05) is 6.54 Å². The fraction of sp³-hybridized carbons (Fsp3) is 0.591. The predicted octanol–water partition coefficient (Wildman–Crippen LogP) is 3.66. The highest BCUT2D eigenvalue weighted by atomic mass is 16.2. The van der Waals surface area contributed by atoms with Crippen LogP contribution in [0.2, 0.25) is 0 Å². The maximum atomic E-state index is 13.0. The second-order valence-electron chi connectivity index (χ2n) is 8.19. The zero-order chi connectivity index (χ0) is 20.9. The quantitative estimate of drug-likeness (QED) is 0.501. The summed E-state index contributed by atoms with van der Waals surface area (Å²) < 4.78 is 0. The Morgan fingerprint density at radius 3 is 2.36 bits per heavy atom. The molecule has 1 aliphatic rings. The van der Waals surface area contributed by atoms with Crippen molar-refractivity contribution in [3.8, 4) is 0 Å². The molecule has 1 aromatic carbocycles. The summed E-state index contributed by atoms with van der Waals surface area (Å²) >= 11 is 0. The summed E-state index contributed by atoms with van der Waals surface area (Å²) in [6.07, 6.45) is 4.19. The van der Waals surface area contributed by atoms with E-state index in [1.165, 1.54) is 0 Å². The van der Waals surface area contributed by atoms with Crippen molar-refractivity contribution in [1.29, 1.82) is 0 Å². The fourth-order valence-corrected chi connectivity index (χ4v) is 3.47. The molecule has 1 fully saturated rings. The zero-order valence-corrected chi connectivity index (χ0v) is 17.7. The molecule has 2 N–H and O–H groups in total. The van der Waals surface area contributed by atoms with Crippen LogP contribution in [0.15, 0.2) is 24.3 Å². The van der Waals surface area contributed by atoms with E-state index in [0.29, 0.717) is 11.5 Å². The standard InChI is InChI=1S/C22H33N3O3/c1-6-7-8-9-16(4)23-19(26)14-25-20(27)22(5,24-21(25)28)18-12-10-17(11-13-18)15(2)3/h10-13,15-16H,6-9,14H2,1-5H3,(H,23,26)(H,24,28)/t16-,22+/m1/s1. The van der Waals surface area contributed by atoms with E-state index < -0.39 is 17.5 Å². The first-order valence-electron chi connectivity index (χ1n) is 10.2. The van der Waals surface area contributed by atoms with E-state index in [1.54, 1.807) is 6.92 Å². The monoisotopic (exact) mass is 387 g/mol. The van der Waals surface area contributed by atoms with Gasteiger partial charge < -0.3 is 10.6 Å². The van der Waals surface area contributed by atoms with Crippen molar-refractivity contribution in [1.82, 2.24) is 15.5 Å². The molecule has 0 bridgehead atoms. The number of amides is 4. The van der Waals surface area contributed by atoms with Gasteiger partial charge in [0.05, 0.1) is 0 Å². The summed E-state index contributed by atoms with van der Waals surface area (Å²) in [4.78, 5) is 38.7. The van der Waals surface area contributed by atoms with E-state index in [9.17, 15) is 14.4 Å². The number of nitrogens with zero attached hydrogens (tertiary/aromatic N) is 1.